The third kappa shape index (κ3) is 3.73. The highest BCUT2D eigenvalue weighted by Crippen LogP contribution is 2.19. The smallest absolute Gasteiger partial charge is 0.251 e. The number of piperidine rings is 1. The Bertz CT molecular complexity index is 662. The summed E-state index contributed by atoms with van der Waals surface area (Å²) in [6.07, 6.45) is 5.14. The molecule has 1 heterocycles. The van der Waals surface area contributed by atoms with E-state index in [0.29, 0.717) is 6.04 Å². The summed E-state index contributed by atoms with van der Waals surface area (Å²) in [7, 11) is 0. The van der Waals surface area contributed by atoms with Crippen LogP contribution in [0.1, 0.15) is 43.0 Å². The molecule has 3 heteroatoms. The Kier molecular flexibility index (Phi) is 5.29. The highest BCUT2D eigenvalue weighted by molar-refractivity contribution is 6.06. The standard InChI is InChI=1S/C20H26N2O/c1-2-17-10-5-6-14-22(17)15-13-21-20(23)19-12-7-9-16-8-3-4-11-18(16)19/h3-4,7-9,11-12,17H,2,5-6,10,13-15H2,1H3,(H,21,23). The van der Waals surface area contributed by atoms with Crippen molar-refractivity contribution < 1.29 is 4.79 Å². The van der Waals surface area contributed by atoms with E-state index in [1.54, 1.807) is 0 Å². The van der Waals surface area contributed by atoms with Crippen LogP contribution in [0.15, 0.2) is 42.5 Å². The fourth-order valence-corrected chi connectivity index (χ4v) is 3.65. The molecule has 1 aliphatic rings. The van der Waals surface area contributed by atoms with Crippen LogP contribution in [0.3, 0.4) is 0 Å². The molecule has 0 bridgehead atoms. The fraction of sp³-hybridized carbons (Fsp3) is 0.450. The average molecular weight is 310 g/mol. The second kappa shape index (κ2) is 7.60. The third-order valence-corrected chi connectivity index (χ3v) is 4.94. The zero-order chi connectivity index (χ0) is 16.1. The summed E-state index contributed by atoms with van der Waals surface area (Å²) < 4.78 is 0. The van der Waals surface area contributed by atoms with Gasteiger partial charge in [0.05, 0.1) is 0 Å². The Hall–Kier alpha value is -1.87. The van der Waals surface area contributed by atoms with Crippen LogP contribution < -0.4 is 5.32 Å². The van der Waals surface area contributed by atoms with Crippen molar-refractivity contribution in [3.8, 4) is 0 Å². The molecule has 0 radical (unpaired) electrons. The predicted octanol–water partition coefficient (Wildman–Crippen LogP) is 3.83. The van der Waals surface area contributed by atoms with E-state index < -0.39 is 0 Å². The topological polar surface area (TPSA) is 32.3 Å². The van der Waals surface area contributed by atoms with E-state index in [-0.39, 0.29) is 5.91 Å². The first-order valence-electron chi connectivity index (χ1n) is 8.79. The average Bonchev–Trinajstić information content (AvgIpc) is 2.61. The molecule has 0 saturated carbocycles. The van der Waals surface area contributed by atoms with Gasteiger partial charge in [-0.2, -0.15) is 0 Å². The molecule has 122 valence electrons. The van der Waals surface area contributed by atoms with Gasteiger partial charge in [0.25, 0.3) is 5.91 Å². The molecule has 1 fully saturated rings. The quantitative estimate of drug-likeness (QED) is 0.910. The molecule has 1 saturated heterocycles. The molecule has 2 aromatic rings. The maximum atomic E-state index is 12.5. The molecule has 1 aliphatic heterocycles. The Balaban J connectivity index is 1.60. The lowest BCUT2D eigenvalue weighted by Gasteiger charge is -2.35. The number of nitrogens with one attached hydrogen (secondary N) is 1. The number of hydrogen-bond acceptors (Lipinski definition) is 2. The minimum Gasteiger partial charge on any atom is -0.351 e. The van der Waals surface area contributed by atoms with Gasteiger partial charge < -0.3 is 5.32 Å². The number of carbonyl (C=O) groups excluding carboxylic acids is 1. The van der Waals surface area contributed by atoms with Crippen LogP contribution in [0.4, 0.5) is 0 Å². The Morgan fingerprint density at radius 3 is 2.87 bits per heavy atom. The number of nitrogens with zero attached hydrogens (tertiary/aromatic N) is 1. The first-order chi connectivity index (χ1) is 11.3. The number of amides is 1. The molecule has 1 amide bonds. The van der Waals surface area contributed by atoms with Crippen LogP contribution in [0, 0.1) is 0 Å². The Morgan fingerprint density at radius 1 is 1.17 bits per heavy atom. The molecule has 1 atom stereocenters. The normalized spacial score (nSPS) is 18.9. The Morgan fingerprint density at radius 2 is 2.00 bits per heavy atom. The summed E-state index contributed by atoms with van der Waals surface area (Å²) in [6, 6.07) is 14.7. The molecule has 3 rings (SSSR count). The number of hydrogen-bond donors (Lipinski definition) is 1. The van der Waals surface area contributed by atoms with Crippen LogP contribution in [-0.2, 0) is 0 Å². The van der Waals surface area contributed by atoms with Crippen molar-refractivity contribution in [2.75, 3.05) is 19.6 Å². The summed E-state index contributed by atoms with van der Waals surface area (Å²) in [4.78, 5) is 15.1. The van der Waals surface area contributed by atoms with Crippen molar-refractivity contribution in [3.63, 3.8) is 0 Å². The number of rotatable bonds is 5. The van der Waals surface area contributed by atoms with E-state index in [1.165, 1.54) is 32.2 Å². The lowest BCUT2D eigenvalue weighted by Crippen LogP contribution is -2.43. The summed E-state index contributed by atoms with van der Waals surface area (Å²) >= 11 is 0. The van der Waals surface area contributed by atoms with Gasteiger partial charge in [-0.1, -0.05) is 49.7 Å². The maximum Gasteiger partial charge on any atom is 0.251 e. The van der Waals surface area contributed by atoms with E-state index in [2.05, 4.69) is 17.1 Å². The molecular formula is C20H26N2O. The molecule has 23 heavy (non-hydrogen) atoms. The first kappa shape index (κ1) is 16.0. The molecule has 0 aromatic heterocycles. The van der Waals surface area contributed by atoms with E-state index >= 15 is 0 Å². The first-order valence-corrected chi connectivity index (χ1v) is 8.79. The second-order valence-electron chi connectivity index (χ2n) is 6.38. The number of likely N-dealkylation sites (tertiary alicyclic amines) is 1. The van der Waals surface area contributed by atoms with Crippen LogP contribution in [0.5, 0.6) is 0 Å². The van der Waals surface area contributed by atoms with Crippen molar-refractivity contribution in [2.24, 2.45) is 0 Å². The van der Waals surface area contributed by atoms with Gasteiger partial charge in [-0.3, -0.25) is 9.69 Å². The van der Waals surface area contributed by atoms with Gasteiger partial charge in [0.15, 0.2) is 0 Å². The van der Waals surface area contributed by atoms with Crippen LogP contribution in [-0.4, -0.2) is 36.5 Å². The number of carbonyl (C=O) groups is 1. The van der Waals surface area contributed by atoms with Crippen molar-refractivity contribution in [1.29, 1.82) is 0 Å². The molecular weight excluding hydrogens is 284 g/mol. The number of fused-ring (bicyclic) bond motifs is 1. The highest BCUT2D eigenvalue weighted by atomic mass is 16.1. The van der Waals surface area contributed by atoms with Gasteiger partial charge in [-0.15, -0.1) is 0 Å². The molecule has 0 spiro atoms. The highest BCUT2D eigenvalue weighted by Gasteiger charge is 2.20. The minimum absolute atomic E-state index is 0.0341. The third-order valence-electron chi connectivity index (χ3n) is 4.94. The zero-order valence-electron chi connectivity index (χ0n) is 13.9. The van der Waals surface area contributed by atoms with E-state index in [4.69, 9.17) is 0 Å². The van der Waals surface area contributed by atoms with Gasteiger partial charge in [0.2, 0.25) is 0 Å². The van der Waals surface area contributed by atoms with E-state index in [0.717, 1.165) is 29.4 Å². The number of benzene rings is 2. The lowest BCUT2D eigenvalue weighted by molar-refractivity contribution is 0.0936. The van der Waals surface area contributed by atoms with Crippen molar-refractivity contribution in [1.82, 2.24) is 10.2 Å². The maximum absolute atomic E-state index is 12.5. The van der Waals surface area contributed by atoms with Crippen LogP contribution >= 0.6 is 0 Å². The van der Waals surface area contributed by atoms with E-state index in [1.807, 2.05) is 42.5 Å². The Labute approximate surface area is 138 Å². The zero-order valence-corrected chi connectivity index (χ0v) is 13.9. The lowest BCUT2D eigenvalue weighted by atomic mass is 10.0. The van der Waals surface area contributed by atoms with Gasteiger partial charge in [0.1, 0.15) is 0 Å². The summed E-state index contributed by atoms with van der Waals surface area (Å²) in [6.45, 7) is 5.11. The fourth-order valence-electron chi connectivity index (χ4n) is 3.65. The van der Waals surface area contributed by atoms with Crippen molar-refractivity contribution in [2.45, 2.75) is 38.6 Å². The van der Waals surface area contributed by atoms with Gasteiger partial charge in [-0.05, 0) is 42.6 Å². The summed E-state index contributed by atoms with van der Waals surface area (Å²) in [5, 5.41) is 5.24. The monoisotopic (exact) mass is 310 g/mol. The largest absolute Gasteiger partial charge is 0.351 e. The van der Waals surface area contributed by atoms with Crippen LogP contribution in [0.2, 0.25) is 0 Å². The van der Waals surface area contributed by atoms with Gasteiger partial charge in [-0.25, -0.2) is 0 Å². The SMILES string of the molecule is CCC1CCCCN1CCNC(=O)c1cccc2ccccc12. The van der Waals surface area contributed by atoms with Gasteiger partial charge >= 0.3 is 0 Å². The van der Waals surface area contributed by atoms with Crippen molar-refractivity contribution >= 4 is 16.7 Å². The summed E-state index contributed by atoms with van der Waals surface area (Å²) in [5.41, 5.74) is 0.772. The second-order valence-corrected chi connectivity index (χ2v) is 6.38. The molecule has 1 N–H and O–H groups in total. The van der Waals surface area contributed by atoms with Crippen LogP contribution in [0.25, 0.3) is 10.8 Å². The molecule has 2 aromatic carbocycles. The van der Waals surface area contributed by atoms with Gasteiger partial charge in [0, 0.05) is 24.7 Å². The molecule has 0 aliphatic carbocycles. The van der Waals surface area contributed by atoms with Crippen molar-refractivity contribution in [3.05, 3.63) is 48.0 Å². The molecule has 1 unspecified atom stereocenters. The minimum atomic E-state index is 0.0341. The predicted molar refractivity (Wildman–Crippen MR) is 95.8 cm³/mol. The van der Waals surface area contributed by atoms with E-state index in [9.17, 15) is 4.79 Å². The molecule has 3 nitrogen and oxygen atoms in total. The summed E-state index contributed by atoms with van der Waals surface area (Å²) in [5.74, 6) is 0.0341.